The molecule has 96 valence electrons. The average molecular weight is 387 g/mol. The van der Waals surface area contributed by atoms with E-state index >= 15 is 0 Å². The summed E-state index contributed by atoms with van der Waals surface area (Å²) in [5.41, 5.74) is 1.58. The first-order valence-corrected chi connectivity index (χ1v) is 6.94. The lowest BCUT2D eigenvalue weighted by Gasteiger charge is -2.14. The third-order valence-corrected chi connectivity index (χ3v) is 4.13. The Hall–Kier alpha value is -1.41. The predicted molar refractivity (Wildman–Crippen MR) is 82.6 cm³/mol. The zero-order valence-corrected chi connectivity index (χ0v) is 12.5. The summed E-state index contributed by atoms with van der Waals surface area (Å²) >= 11 is 8.37. The number of carbonyl (C=O) groups is 1. The molecule has 1 aliphatic heterocycles. The van der Waals surface area contributed by atoms with Crippen LogP contribution in [0.3, 0.4) is 0 Å². The van der Waals surface area contributed by atoms with Gasteiger partial charge in [-0.3, -0.25) is 4.79 Å². The first kappa shape index (κ1) is 12.6. The molecule has 0 spiro atoms. The van der Waals surface area contributed by atoms with Gasteiger partial charge in [0.2, 0.25) is 6.17 Å². The van der Waals surface area contributed by atoms with Gasteiger partial charge in [-0.05, 0) is 28.7 Å². The molecule has 0 aliphatic carbocycles. The van der Waals surface area contributed by atoms with Gasteiger partial charge in [0.05, 0.1) is 14.9 Å². The quantitative estimate of drug-likeness (QED) is 0.638. The van der Waals surface area contributed by atoms with Gasteiger partial charge in [-0.1, -0.05) is 29.8 Å². The van der Waals surface area contributed by atoms with Crippen molar-refractivity contribution >= 4 is 52.6 Å². The van der Waals surface area contributed by atoms with Crippen LogP contribution in [0.4, 0.5) is 5.82 Å². The van der Waals surface area contributed by atoms with E-state index < -0.39 is 6.17 Å². The minimum atomic E-state index is -0.624. The number of nitrogens with one attached hydrogen (secondary N) is 1. The second-order valence-electron chi connectivity index (χ2n) is 3.91. The van der Waals surface area contributed by atoms with E-state index in [1.165, 1.54) is 6.34 Å². The second-order valence-corrected chi connectivity index (χ2v) is 5.39. The lowest BCUT2D eigenvalue weighted by atomic mass is 10.1. The molecule has 0 fully saturated rings. The molecule has 0 radical (unpaired) electrons. The second kappa shape index (κ2) is 4.93. The van der Waals surface area contributed by atoms with Crippen molar-refractivity contribution < 1.29 is 4.79 Å². The summed E-state index contributed by atoms with van der Waals surface area (Å²) in [6.07, 6.45) is 1.63. The van der Waals surface area contributed by atoms with Crippen molar-refractivity contribution in [3.63, 3.8) is 0 Å². The van der Waals surface area contributed by atoms with Gasteiger partial charge in [-0.2, -0.15) is 5.10 Å². The Bertz CT molecular complexity index is 682. The first-order valence-electron chi connectivity index (χ1n) is 5.48. The highest BCUT2D eigenvalue weighted by Crippen LogP contribution is 2.36. The zero-order valence-electron chi connectivity index (χ0n) is 9.55. The summed E-state index contributed by atoms with van der Waals surface area (Å²) in [5.74, 6) is 0.752. The maximum Gasteiger partial charge on any atom is 0.200 e. The Kier molecular flexibility index (Phi) is 3.28. The fourth-order valence-corrected chi connectivity index (χ4v) is 2.92. The van der Waals surface area contributed by atoms with Crippen molar-refractivity contribution in [2.75, 3.05) is 5.32 Å². The minimum absolute atomic E-state index is 0.624. The van der Waals surface area contributed by atoms with Crippen molar-refractivity contribution in [3.05, 3.63) is 32.9 Å². The molecule has 0 amide bonds. The smallest absolute Gasteiger partial charge is 0.200 e. The maximum atomic E-state index is 11.0. The van der Waals surface area contributed by atoms with Gasteiger partial charge in [0, 0.05) is 5.56 Å². The van der Waals surface area contributed by atoms with Crippen LogP contribution in [-0.2, 0) is 4.79 Å². The molecule has 1 aromatic heterocycles. The van der Waals surface area contributed by atoms with Gasteiger partial charge in [-0.25, -0.2) is 9.67 Å². The molecule has 1 N–H and O–H groups in total. The van der Waals surface area contributed by atoms with E-state index in [-0.39, 0.29) is 0 Å². The number of aldehydes is 1. The number of aliphatic imine (C=N–C) groups is 1. The topological polar surface area (TPSA) is 59.3 Å². The van der Waals surface area contributed by atoms with Crippen molar-refractivity contribution in [1.29, 1.82) is 0 Å². The van der Waals surface area contributed by atoms with E-state index in [1.807, 2.05) is 24.3 Å². The van der Waals surface area contributed by atoms with Crippen LogP contribution in [0.25, 0.3) is 11.3 Å². The van der Waals surface area contributed by atoms with Crippen molar-refractivity contribution in [2.45, 2.75) is 6.17 Å². The molecule has 0 bridgehead atoms. The Morgan fingerprint density at radius 3 is 2.95 bits per heavy atom. The SMILES string of the molecule is O=CC1N=CNc2c(I)c(-c3ccccc3Cl)nn21. The van der Waals surface area contributed by atoms with E-state index in [4.69, 9.17) is 11.6 Å². The lowest BCUT2D eigenvalue weighted by Crippen LogP contribution is -2.19. The van der Waals surface area contributed by atoms with Crippen LogP contribution in [0.5, 0.6) is 0 Å². The van der Waals surface area contributed by atoms with Crippen LogP contribution in [-0.4, -0.2) is 22.4 Å². The van der Waals surface area contributed by atoms with Crippen molar-refractivity contribution in [3.8, 4) is 11.3 Å². The molecule has 1 unspecified atom stereocenters. The molecule has 19 heavy (non-hydrogen) atoms. The number of rotatable bonds is 2. The molecule has 1 atom stereocenters. The summed E-state index contributed by atoms with van der Waals surface area (Å²) in [6, 6.07) is 7.48. The van der Waals surface area contributed by atoms with E-state index in [0.717, 1.165) is 26.9 Å². The summed E-state index contributed by atoms with van der Waals surface area (Å²) in [4.78, 5) is 15.0. The molecule has 7 heteroatoms. The van der Waals surface area contributed by atoms with Crippen LogP contribution in [0, 0.1) is 3.57 Å². The highest BCUT2D eigenvalue weighted by atomic mass is 127. The predicted octanol–water partition coefficient (Wildman–Crippen LogP) is 2.96. The number of anilines is 1. The molecule has 5 nitrogen and oxygen atoms in total. The first-order chi connectivity index (χ1) is 9.22. The summed E-state index contributed by atoms with van der Waals surface area (Å²) in [7, 11) is 0. The van der Waals surface area contributed by atoms with Crippen LogP contribution >= 0.6 is 34.2 Å². The Balaban J connectivity index is 2.18. The number of hydrogen-bond acceptors (Lipinski definition) is 4. The normalized spacial score (nSPS) is 16.8. The summed E-state index contributed by atoms with van der Waals surface area (Å²) in [5, 5.41) is 8.08. The Morgan fingerprint density at radius 1 is 1.42 bits per heavy atom. The maximum absolute atomic E-state index is 11.0. The number of aromatic nitrogens is 2. The van der Waals surface area contributed by atoms with Gasteiger partial charge in [0.25, 0.3) is 0 Å². The number of fused-ring (bicyclic) bond motifs is 1. The van der Waals surface area contributed by atoms with Crippen LogP contribution < -0.4 is 5.32 Å². The molecule has 0 saturated heterocycles. The molecule has 0 saturated carbocycles. The minimum Gasteiger partial charge on any atom is -0.331 e. The van der Waals surface area contributed by atoms with Gasteiger partial charge >= 0.3 is 0 Å². The molecule has 1 aliphatic rings. The van der Waals surface area contributed by atoms with E-state index in [1.54, 1.807) is 4.68 Å². The third-order valence-electron chi connectivity index (χ3n) is 2.78. The van der Waals surface area contributed by atoms with E-state index in [2.05, 4.69) is 38.0 Å². The zero-order chi connectivity index (χ0) is 13.4. The molecule has 2 heterocycles. The fourth-order valence-electron chi connectivity index (χ4n) is 1.89. The largest absolute Gasteiger partial charge is 0.331 e. The summed E-state index contributed by atoms with van der Waals surface area (Å²) < 4.78 is 2.47. The molecular weight excluding hydrogens is 379 g/mol. The number of hydrogen-bond donors (Lipinski definition) is 1. The van der Waals surface area contributed by atoms with E-state index in [0.29, 0.717) is 5.02 Å². The molecule has 3 rings (SSSR count). The monoisotopic (exact) mass is 386 g/mol. The lowest BCUT2D eigenvalue weighted by molar-refractivity contribution is -0.110. The van der Waals surface area contributed by atoms with Crippen LogP contribution in [0.15, 0.2) is 29.3 Å². The molecular formula is C12H8ClIN4O. The summed E-state index contributed by atoms with van der Waals surface area (Å²) in [6.45, 7) is 0. The fraction of sp³-hybridized carbons (Fsp3) is 0.0833. The number of nitrogens with zero attached hydrogens (tertiary/aromatic N) is 3. The average Bonchev–Trinajstić information content (AvgIpc) is 2.77. The van der Waals surface area contributed by atoms with Gasteiger partial charge in [0.15, 0.2) is 6.29 Å². The van der Waals surface area contributed by atoms with Crippen molar-refractivity contribution in [1.82, 2.24) is 9.78 Å². The van der Waals surface area contributed by atoms with Crippen LogP contribution in [0.2, 0.25) is 5.02 Å². The van der Waals surface area contributed by atoms with Gasteiger partial charge in [-0.15, -0.1) is 0 Å². The number of carbonyl (C=O) groups excluding carboxylic acids is 1. The standard InChI is InChI=1S/C12H8ClIN4O/c13-8-4-2-1-3-7(8)11-10(14)12-16-6-15-9(5-19)18(12)17-11/h1-6,9H,(H,15,16). The highest BCUT2D eigenvalue weighted by molar-refractivity contribution is 14.1. The van der Waals surface area contributed by atoms with Crippen LogP contribution in [0.1, 0.15) is 6.17 Å². The van der Waals surface area contributed by atoms with Crippen molar-refractivity contribution in [2.24, 2.45) is 4.99 Å². The third kappa shape index (κ3) is 2.04. The van der Waals surface area contributed by atoms with E-state index in [9.17, 15) is 4.79 Å². The Labute approximate surface area is 127 Å². The number of benzene rings is 1. The van der Waals surface area contributed by atoms with Gasteiger partial charge < -0.3 is 5.32 Å². The molecule has 2 aromatic rings. The van der Waals surface area contributed by atoms with Gasteiger partial charge in [0.1, 0.15) is 11.5 Å². The molecule has 1 aromatic carbocycles. The highest BCUT2D eigenvalue weighted by Gasteiger charge is 2.24. The number of halogens is 2. The Morgan fingerprint density at radius 2 is 2.21 bits per heavy atom.